The summed E-state index contributed by atoms with van der Waals surface area (Å²) in [5, 5.41) is 6.09. The Morgan fingerprint density at radius 3 is 2.73 bits per heavy atom. The number of hydrogen-bond acceptors (Lipinski definition) is 2. The van der Waals surface area contributed by atoms with E-state index in [4.69, 9.17) is 5.14 Å². The van der Waals surface area contributed by atoms with Gasteiger partial charge in [0.1, 0.15) is 0 Å². The molecule has 0 aliphatic rings. The van der Waals surface area contributed by atoms with Crippen LogP contribution in [0.25, 0.3) is 10.9 Å². The Bertz CT molecular complexity index is 599. The highest BCUT2D eigenvalue weighted by Gasteiger charge is 2.09. The quantitative estimate of drug-likeness (QED) is 0.808. The molecule has 3 N–H and O–H groups in total. The van der Waals surface area contributed by atoms with Crippen molar-refractivity contribution in [3.05, 3.63) is 30.0 Å². The van der Waals surface area contributed by atoms with Gasteiger partial charge in [0.25, 0.3) is 0 Å². The molecule has 0 aliphatic carbocycles. The molecule has 0 saturated carbocycles. The van der Waals surface area contributed by atoms with Gasteiger partial charge in [-0.05, 0) is 24.1 Å². The van der Waals surface area contributed by atoms with Crippen molar-refractivity contribution in [1.82, 2.24) is 4.98 Å². The molecular weight excluding hydrogens is 212 g/mol. The van der Waals surface area contributed by atoms with Crippen molar-refractivity contribution in [2.75, 3.05) is 0 Å². The Hall–Kier alpha value is -1.33. The van der Waals surface area contributed by atoms with Crippen LogP contribution in [0.1, 0.15) is 12.5 Å². The highest BCUT2D eigenvalue weighted by atomic mass is 32.2. The van der Waals surface area contributed by atoms with Crippen LogP contribution in [0.3, 0.4) is 0 Å². The SMILES string of the molecule is CCc1c[nH]c2cc(S(N)(=O)=O)ccc12. The lowest BCUT2D eigenvalue weighted by molar-refractivity contribution is 0.598. The zero-order chi connectivity index (χ0) is 11.1. The molecule has 1 aromatic carbocycles. The number of sulfonamides is 1. The van der Waals surface area contributed by atoms with Gasteiger partial charge in [0.05, 0.1) is 4.90 Å². The summed E-state index contributed by atoms with van der Waals surface area (Å²) in [4.78, 5) is 3.17. The molecule has 80 valence electrons. The lowest BCUT2D eigenvalue weighted by atomic mass is 10.1. The smallest absolute Gasteiger partial charge is 0.238 e. The number of nitrogens with one attached hydrogen (secondary N) is 1. The van der Waals surface area contributed by atoms with Crippen molar-refractivity contribution in [2.24, 2.45) is 5.14 Å². The van der Waals surface area contributed by atoms with E-state index < -0.39 is 10.0 Å². The van der Waals surface area contributed by atoms with E-state index in [0.717, 1.165) is 17.3 Å². The Kier molecular flexibility index (Phi) is 2.28. The predicted octanol–water partition coefficient (Wildman–Crippen LogP) is 1.38. The first-order valence-electron chi connectivity index (χ1n) is 4.65. The second-order valence-corrected chi connectivity index (χ2v) is 4.98. The van der Waals surface area contributed by atoms with Crippen molar-refractivity contribution in [3.63, 3.8) is 0 Å². The first-order chi connectivity index (χ1) is 7.02. The molecule has 1 aromatic heterocycles. The van der Waals surface area contributed by atoms with Crippen LogP contribution in [-0.4, -0.2) is 13.4 Å². The molecule has 4 nitrogen and oxygen atoms in total. The third-order valence-corrected chi connectivity index (χ3v) is 3.36. The van der Waals surface area contributed by atoms with Crippen LogP contribution in [0.15, 0.2) is 29.3 Å². The molecule has 0 saturated heterocycles. The van der Waals surface area contributed by atoms with Gasteiger partial charge in [-0.2, -0.15) is 0 Å². The molecule has 2 aromatic rings. The van der Waals surface area contributed by atoms with Gasteiger partial charge in [0, 0.05) is 17.1 Å². The van der Waals surface area contributed by atoms with Gasteiger partial charge < -0.3 is 4.98 Å². The van der Waals surface area contributed by atoms with Gasteiger partial charge in [-0.1, -0.05) is 13.0 Å². The summed E-state index contributed by atoms with van der Waals surface area (Å²) < 4.78 is 22.2. The average molecular weight is 224 g/mol. The van der Waals surface area contributed by atoms with E-state index in [0.29, 0.717) is 0 Å². The maximum absolute atomic E-state index is 11.1. The molecule has 0 atom stereocenters. The number of rotatable bonds is 2. The standard InChI is InChI=1S/C10H12N2O2S/c1-2-7-6-12-10-5-8(15(11,13)14)3-4-9(7)10/h3-6,12H,2H2,1H3,(H2,11,13,14). The zero-order valence-electron chi connectivity index (χ0n) is 8.32. The monoisotopic (exact) mass is 224 g/mol. The van der Waals surface area contributed by atoms with Crippen LogP contribution in [0.4, 0.5) is 0 Å². The number of aromatic amines is 1. The van der Waals surface area contributed by atoms with Gasteiger partial charge in [0.15, 0.2) is 0 Å². The predicted molar refractivity (Wildman–Crippen MR) is 59.0 cm³/mol. The fraction of sp³-hybridized carbons (Fsp3) is 0.200. The topological polar surface area (TPSA) is 76.0 Å². The lowest BCUT2D eigenvalue weighted by Gasteiger charge is -1.98. The Morgan fingerprint density at radius 2 is 2.13 bits per heavy atom. The van der Waals surface area contributed by atoms with E-state index in [1.165, 1.54) is 11.6 Å². The zero-order valence-corrected chi connectivity index (χ0v) is 9.14. The first-order valence-corrected chi connectivity index (χ1v) is 6.20. The number of hydrogen-bond donors (Lipinski definition) is 2. The van der Waals surface area contributed by atoms with E-state index in [1.54, 1.807) is 12.1 Å². The summed E-state index contributed by atoms with van der Waals surface area (Å²) in [6.07, 6.45) is 2.80. The lowest BCUT2D eigenvalue weighted by Crippen LogP contribution is -2.11. The molecule has 0 aliphatic heterocycles. The van der Waals surface area contributed by atoms with Crippen LogP contribution in [0.2, 0.25) is 0 Å². The number of primary sulfonamides is 1. The van der Waals surface area contributed by atoms with Gasteiger partial charge in [-0.25, -0.2) is 13.6 Å². The molecule has 0 spiro atoms. The number of benzene rings is 1. The number of aromatic nitrogens is 1. The van der Waals surface area contributed by atoms with Gasteiger partial charge >= 0.3 is 0 Å². The summed E-state index contributed by atoms with van der Waals surface area (Å²) in [7, 11) is -3.61. The summed E-state index contributed by atoms with van der Waals surface area (Å²) in [5.41, 5.74) is 1.98. The third kappa shape index (κ3) is 1.75. The van der Waals surface area contributed by atoms with E-state index in [1.807, 2.05) is 6.20 Å². The van der Waals surface area contributed by atoms with Crippen LogP contribution in [0.5, 0.6) is 0 Å². The largest absolute Gasteiger partial charge is 0.361 e. The molecule has 0 bridgehead atoms. The van der Waals surface area contributed by atoms with Crippen molar-refractivity contribution >= 4 is 20.9 Å². The summed E-state index contributed by atoms with van der Waals surface area (Å²) in [5.74, 6) is 0. The minimum Gasteiger partial charge on any atom is -0.361 e. The molecule has 0 radical (unpaired) electrons. The molecule has 0 amide bonds. The van der Waals surface area contributed by atoms with Gasteiger partial charge in [-0.3, -0.25) is 0 Å². The average Bonchev–Trinajstić information content (AvgIpc) is 2.58. The maximum atomic E-state index is 11.1. The van der Waals surface area contributed by atoms with E-state index >= 15 is 0 Å². The fourth-order valence-electron chi connectivity index (χ4n) is 1.63. The normalized spacial score (nSPS) is 12.1. The highest BCUT2D eigenvalue weighted by molar-refractivity contribution is 7.89. The van der Waals surface area contributed by atoms with E-state index in [-0.39, 0.29) is 4.90 Å². The van der Waals surface area contributed by atoms with Crippen molar-refractivity contribution in [2.45, 2.75) is 18.2 Å². The van der Waals surface area contributed by atoms with Crippen LogP contribution < -0.4 is 5.14 Å². The highest BCUT2D eigenvalue weighted by Crippen LogP contribution is 2.21. The summed E-state index contributed by atoms with van der Waals surface area (Å²) in [6.45, 7) is 2.05. The minimum atomic E-state index is -3.61. The second-order valence-electron chi connectivity index (χ2n) is 3.42. The van der Waals surface area contributed by atoms with Crippen LogP contribution in [-0.2, 0) is 16.4 Å². The van der Waals surface area contributed by atoms with Crippen molar-refractivity contribution in [3.8, 4) is 0 Å². The van der Waals surface area contributed by atoms with Gasteiger partial charge in [0.2, 0.25) is 10.0 Å². The molecule has 1 heterocycles. The van der Waals surface area contributed by atoms with Gasteiger partial charge in [-0.15, -0.1) is 0 Å². The number of fused-ring (bicyclic) bond motifs is 1. The first kappa shape index (κ1) is 10.2. The number of H-pyrrole nitrogens is 1. The number of nitrogens with two attached hydrogens (primary N) is 1. The van der Waals surface area contributed by atoms with Crippen molar-refractivity contribution < 1.29 is 8.42 Å². The minimum absolute atomic E-state index is 0.138. The Balaban J connectivity index is 2.69. The number of aryl methyl sites for hydroxylation is 1. The second kappa shape index (κ2) is 3.36. The molecule has 15 heavy (non-hydrogen) atoms. The fourth-order valence-corrected chi connectivity index (χ4v) is 2.17. The molecular formula is C10H12N2O2S. The van der Waals surface area contributed by atoms with E-state index in [2.05, 4.69) is 11.9 Å². The van der Waals surface area contributed by atoms with Crippen LogP contribution >= 0.6 is 0 Å². The maximum Gasteiger partial charge on any atom is 0.238 e. The molecule has 0 fully saturated rings. The summed E-state index contributed by atoms with van der Waals surface area (Å²) in [6, 6.07) is 4.87. The Morgan fingerprint density at radius 1 is 1.40 bits per heavy atom. The molecule has 2 rings (SSSR count). The molecule has 5 heteroatoms. The molecule has 0 unspecified atom stereocenters. The third-order valence-electron chi connectivity index (χ3n) is 2.45. The van der Waals surface area contributed by atoms with Crippen molar-refractivity contribution in [1.29, 1.82) is 0 Å². The van der Waals surface area contributed by atoms with Crippen LogP contribution in [0, 0.1) is 0 Å². The van der Waals surface area contributed by atoms with E-state index in [9.17, 15) is 8.42 Å². The summed E-state index contributed by atoms with van der Waals surface area (Å²) >= 11 is 0. The Labute approximate surface area is 88.2 Å².